The third kappa shape index (κ3) is 2.62. The van der Waals surface area contributed by atoms with E-state index in [4.69, 9.17) is 4.74 Å². The van der Waals surface area contributed by atoms with Crippen LogP contribution in [0.15, 0.2) is 29.3 Å². The molecule has 0 aromatic carbocycles. The van der Waals surface area contributed by atoms with Gasteiger partial charge < -0.3 is 4.74 Å². The Kier molecular flexibility index (Phi) is 4.16. The lowest BCUT2D eigenvalue weighted by Crippen LogP contribution is -2.15. The van der Waals surface area contributed by atoms with Crippen LogP contribution >= 0.6 is 15.9 Å². The van der Waals surface area contributed by atoms with Crippen molar-refractivity contribution in [2.75, 3.05) is 13.7 Å². The second-order valence-electron chi connectivity index (χ2n) is 3.48. The highest BCUT2D eigenvalue weighted by molar-refractivity contribution is 9.10. The van der Waals surface area contributed by atoms with E-state index in [1.54, 1.807) is 18.0 Å². The first-order valence-corrected chi connectivity index (χ1v) is 6.04. The summed E-state index contributed by atoms with van der Waals surface area (Å²) in [5, 5.41) is 4.12. The van der Waals surface area contributed by atoms with Crippen LogP contribution in [0.4, 0.5) is 0 Å². The van der Waals surface area contributed by atoms with Gasteiger partial charge in [-0.05, 0) is 15.9 Å². The van der Waals surface area contributed by atoms with Crippen molar-refractivity contribution in [1.82, 2.24) is 19.7 Å². The molecule has 0 unspecified atom stereocenters. The molecule has 0 fully saturated rings. The molecular formula is C11H11BrN4O2. The zero-order valence-corrected chi connectivity index (χ0v) is 11.3. The summed E-state index contributed by atoms with van der Waals surface area (Å²) in [5.41, 5.74) is 0.741. The van der Waals surface area contributed by atoms with E-state index in [-0.39, 0.29) is 11.5 Å². The van der Waals surface area contributed by atoms with Gasteiger partial charge in [0.05, 0.1) is 30.0 Å². The molecule has 94 valence electrons. The monoisotopic (exact) mass is 310 g/mol. The molecule has 0 aliphatic carbocycles. The maximum absolute atomic E-state index is 12.3. The Balaban J connectivity index is 2.32. The Bertz CT molecular complexity index is 541. The third-order valence-corrected chi connectivity index (χ3v) is 2.89. The largest absolute Gasteiger partial charge is 0.383 e. The lowest BCUT2D eigenvalue weighted by molar-refractivity contribution is 0.101. The number of hydrogen-bond donors (Lipinski definition) is 0. The fourth-order valence-electron chi connectivity index (χ4n) is 1.47. The van der Waals surface area contributed by atoms with Gasteiger partial charge in [0, 0.05) is 19.5 Å². The molecule has 2 aromatic heterocycles. The minimum atomic E-state index is -0.219. The van der Waals surface area contributed by atoms with Gasteiger partial charge >= 0.3 is 0 Å². The number of nitrogens with zero attached hydrogens (tertiary/aromatic N) is 4. The predicted octanol–water partition coefficient (Wildman–Crippen LogP) is 1.31. The summed E-state index contributed by atoms with van der Waals surface area (Å²) in [5.74, 6) is -0.219. The molecule has 18 heavy (non-hydrogen) atoms. The standard InChI is InChI=1S/C11H11BrN4O2/c1-18-5-4-16-10(8(12)6-15-16)11(17)9-7-13-2-3-14-9/h2-3,6-7H,4-5H2,1H3. The van der Waals surface area contributed by atoms with Crippen molar-refractivity contribution in [2.24, 2.45) is 0 Å². The summed E-state index contributed by atoms with van der Waals surface area (Å²) in [6.07, 6.45) is 6.02. The first-order valence-electron chi connectivity index (χ1n) is 5.25. The van der Waals surface area contributed by atoms with Gasteiger partial charge in [0.25, 0.3) is 0 Å². The number of rotatable bonds is 5. The molecule has 0 N–H and O–H groups in total. The SMILES string of the molecule is COCCn1ncc(Br)c1C(=O)c1cnccn1. The van der Waals surface area contributed by atoms with Crippen LogP contribution in [0.3, 0.4) is 0 Å². The van der Waals surface area contributed by atoms with Gasteiger partial charge in [-0.2, -0.15) is 5.10 Å². The van der Waals surface area contributed by atoms with Crippen LogP contribution in [0, 0.1) is 0 Å². The van der Waals surface area contributed by atoms with Crippen LogP contribution in [-0.2, 0) is 11.3 Å². The van der Waals surface area contributed by atoms with Crippen molar-refractivity contribution >= 4 is 21.7 Å². The first-order chi connectivity index (χ1) is 8.74. The first kappa shape index (κ1) is 12.8. The van der Waals surface area contributed by atoms with Gasteiger partial charge in [-0.25, -0.2) is 4.98 Å². The molecule has 0 radical (unpaired) electrons. The highest BCUT2D eigenvalue weighted by Crippen LogP contribution is 2.18. The highest BCUT2D eigenvalue weighted by Gasteiger charge is 2.19. The van der Waals surface area contributed by atoms with E-state index < -0.39 is 0 Å². The van der Waals surface area contributed by atoms with Crippen molar-refractivity contribution in [3.05, 3.63) is 40.6 Å². The molecule has 2 aromatic rings. The maximum Gasteiger partial charge on any atom is 0.232 e. The van der Waals surface area contributed by atoms with E-state index in [1.165, 1.54) is 18.6 Å². The minimum Gasteiger partial charge on any atom is -0.383 e. The molecule has 6 nitrogen and oxygen atoms in total. The zero-order valence-electron chi connectivity index (χ0n) is 9.71. The molecule has 0 spiro atoms. The summed E-state index contributed by atoms with van der Waals surface area (Å²) in [4.78, 5) is 20.2. The van der Waals surface area contributed by atoms with Crippen molar-refractivity contribution in [2.45, 2.75) is 6.54 Å². The van der Waals surface area contributed by atoms with Crippen LogP contribution in [0.5, 0.6) is 0 Å². The Morgan fingerprint density at radius 1 is 1.44 bits per heavy atom. The zero-order chi connectivity index (χ0) is 13.0. The summed E-state index contributed by atoms with van der Waals surface area (Å²) in [6.45, 7) is 0.984. The van der Waals surface area contributed by atoms with Gasteiger partial charge in [0.1, 0.15) is 11.4 Å². The van der Waals surface area contributed by atoms with E-state index in [9.17, 15) is 4.79 Å². The predicted molar refractivity (Wildman–Crippen MR) is 67.3 cm³/mol. The summed E-state index contributed by atoms with van der Waals surface area (Å²) in [7, 11) is 1.60. The van der Waals surface area contributed by atoms with Crippen molar-refractivity contribution < 1.29 is 9.53 Å². The number of ether oxygens (including phenoxy) is 1. The average Bonchev–Trinajstić information content (AvgIpc) is 2.77. The number of aromatic nitrogens is 4. The number of hydrogen-bond acceptors (Lipinski definition) is 5. The van der Waals surface area contributed by atoms with Crippen LogP contribution in [0.2, 0.25) is 0 Å². The van der Waals surface area contributed by atoms with Gasteiger partial charge in [0.15, 0.2) is 0 Å². The van der Waals surface area contributed by atoms with Crippen LogP contribution < -0.4 is 0 Å². The molecule has 0 amide bonds. The molecule has 2 rings (SSSR count). The second kappa shape index (κ2) is 5.83. The lowest BCUT2D eigenvalue weighted by atomic mass is 10.2. The molecule has 0 saturated carbocycles. The number of ketones is 1. The van der Waals surface area contributed by atoms with E-state index in [2.05, 4.69) is 31.0 Å². The molecule has 0 aliphatic rings. The second-order valence-corrected chi connectivity index (χ2v) is 4.33. The molecule has 0 atom stereocenters. The van der Waals surface area contributed by atoms with Crippen molar-refractivity contribution in [1.29, 1.82) is 0 Å². The quantitative estimate of drug-likeness (QED) is 0.779. The van der Waals surface area contributed by atoms with Crippen LogP contribution in [0.25, 0.3) is 0 Å². The normalized spacial score (nSPS) is 10.6. The fourth-order valence-corrected chi connectivity index (χ4v) is 1.95. The molecule has 0 bridgehead atoms. The smallest absolute Gasteiger partial charge is 0.232 e. The van der Waals surface area contributed by atoms with Gasteiger partial charge in [0.2, 0.25) is 5.78 Å². The number of carbonyl (C=O) groups is 1. The number of methoxy groups -OCH3 is 1. The fraction of sp³-hybridized carbons (Fsp3) is 0.273. The minimum absolute atomic E-state index is 0.219. The summed E-state index contributed by atoms with van der Waals surface area (Å²) in [6, 6.07) is 0. The Morgan fingerprint density at radius 2 is 2.28 bits per heavy atom. The molecular weight excluding hydrogens is 300 g/mol. The number of halogens is 1. The molecule has 7 heteroatoms. The molecule has 0 saturated heterocycles. The van der Waals surface area contributed by atoms with Gasteiger partial charge in [-0.1, -0.05) is 0 Å². The molecule has 2 heterocycles. The Morgan fingerprint density at radius 3 is 2.94 bits per heavy atom. The van der Waals surface area contributed by atoms with Crippen molar-refractivity contribution in [3.63, 3.8) is 0 Å². The van der Waals surface area contributed by atoms with Gasteiger partial charge in [-0.15, -0.1) is 0 Å². The van der Waals surface area contributed by atoms with E-state index in [0.717, 1.165) is 0 Å². The Hall–Kier alpha value is -1.60. The van der Waals surface area contributed by atoms with Crippen molar-refractivity contribution in [3.8, 4) is 0 Å². The van der Waals surface area contributed by atoms with E-state index in [1.807, 2.05) is 0 Å². The summed E-state index contributed by atoms with van der Waals surface area (Å²) >= 11 is 3.31. The van der Waals surface area contributed by atoms with E-state index >= 15 is 0 Å². The number of carbonyl (C=O) groups excluding carboxylic acids is 1. The summed E-state index contributed by atoms with van der Waals surface area (Å²) < 4.78 is 7.20. The van der Waals surface area contributed by atoms with E-state index in [0.29, 0.717) is 23.3 Å². The highest BCUT2D eigenvalue weighted by atomic mass is 79.9. The lowest BCUT2D eigenvalue weighted by Gasteiger charge is -2.06. The maximum atomic E-state index is 12.3. The van der Waals surface area contributed by atoms with Crippen LogP contribution in [0.1, 0.15) is 16.2 Å². The van der Waals surface area contributed by atoms with Crippen LogP contribution in [-0.4, -0.2) is 39.2 Å². The van der Waals surface area contributed by atoms with Gasteiger partial charge in [-0.3, -0.25) is 14.5 Å². The molecule has 0 aliphatic heterocycles. The third-order valence-electron chi connectivity index (χ3n) is 2.31. The topological polar surface area (TPSA) is 69.9 Å². The Labute approximate surface area is 112 Å². The average molecular weight is 311 g/mol.